The molecule has 0 aliphatic heterocycles. The van der Waals surface area contributed by atoms with Crippen LogP contribution in [0.5, 0.6) is 5.75 Å². The van der Waals surface area contributed by atoms with E-state index in [1.807, 2.05) is 6.07 Å². The van der Waals surface area contributed by atoms with Crippen LogP contribution >= 0.6 is 0 Å². The lowest BCUT2D eigenvalue weighted by molar-refractivity contribution is 0.201. The summed E-state index contributed by atoms with van der Waals surface area (Å²) < 4.78 is 5.93. The Kier molecular flexibility index (Phi) is 5.30. The molecule has 0 fully saturated rings. The van der Waals surface area contributed by atoms with Gasteiger partial charge in [-0.05, 0) is 108 Å². The van der Waals surface area contributed by atoms with Crippen molar-refractivity contribution in [2.75, 3.05) is 18.9 Å². The summed E-state index contributed by atoms with van der Waals surface area (Å²) in [6.45, 7) is 2.45. The van der Waals surface area contributed by atoms with Crippen LogP contribution < -0.4 is 10.5 Å². The van der Waals surface area contributed by atoms with Gasteiger partial charge in [-0.1, -0.05) is 97.1 Å². The van der Waals surface area contributed by atoms with Crippen molar-refractivity contribution in [3.05, 3.63) is 166 Å². The van der Waals surface area contributed by atoms with Crippen molar-refractivity contribution in [3.8, 4) is 5.75 Å². The minimum atomic E-state index is -0.556. The number of aliphatic hydroxyl groups is 1. The molecule has 0 aromatic heterocycles. The topological polar surface area (TPSA) is 55.5 Å². The minimum Gasteiger partial charge on any atom is -0.491 e. The van der Waals surface area contributed by atoms with Gasteiger partial charge in [-0.25, -0.2) is 0 Å². The number of aliphatic hydroxyl groups excluding tert-OH is 1. The maximum atomic E-state index is 9.45. The molecule has 0 atom stereocenters. The first-order valence-electron chi connectivity index (χ1n) is 15.3. The summed E-state index contributed by atoms with van der Waals surface area (Å²) in [4.78, 5) is 0. The molecule has 7 aromatic carbocycles. The Morgan fingerprint density at radius 3 is 2.09 bits per heavy atom. The van der Waals surface area contributed by atoms with Crippen molar-refractivity contribution in [2.24, 2.45) is 0 Å². The Morgan fingerprint density at radius 1 is 0.636 bits per heavy atom. The second-order valence-electron chi connectivity index (χ2n) is 12.2. The first kappa shape index (κ1) is 25.4. The number of hydrogen-bond acceptors (Lipinski definition) is 3. The number of fused-ring (bicyclic) bond motifs is 5. The van der Waals surface area contributed by atoms with Gasteiger partial charge in [0.15, 0.2) is 0 Å². The van der Waals surface area contributed by atoms with Gasteiger partial charge in [0, 0.05) is 11.6 Å². The van der Waals surface area contributed by atoms with E-state index >= 15 is 0 Å². The van der Waals surface area contributed by atoms with Crippen LogP contribution in [0.2, 0.25) is 0 Å². The molecule has 3 aliphatic carbocycles. The van der Waals surface area contributed by atoms with Crippen LogP contribution in [0.3, 0.4) is 0 Å². The molecule has 0 heterocycles. The van der Waals surface area contributed by atoms with Gasteiger partial charge in [-0.2, -0.15) is 0 Å². The Hall–Kier alpha value is -5.12. The van der Waals surface area contributed by atoms with Gasteiger partial charge >= 0.3 is 0 Å². The molecule has 0 radical (unpaired) electrons. The molecule has 0 saturated heterocycles. The van der Waals surface area contributed by atoms with E-state index < -0.39 is 5.41 Å². The quantitative estimate of drug-likeness (QED) is 0.165. The average molecular weight is 570 g/mol. The predicted molar refractivity (Wildman–Crippen MR) is 180 cm³/mol. The Balaban J connectivity index is 1.52. The zero-order chi connectivity index (χ0) is 29.6. The highest BCUT2D eigenvalue weighted by atomic mass is 16.5. The van der Waals surface area contributed by atoms with E-state index in [1.54, 1.807) is 0 Å². The maximum Gasteiger partial charge on any atom is 0.120 e. The first-order valence-corrected chi connectivity index (χ1v) is 15.3. The summed E-state index contributed by atoms with van der Waals surface area (Å²) in [5.41, 5.74) is 17.3. The highest BCUT2D eigenvalue weighted by Gasteiger charge is 2.53. The van der Waals surface area contributed by atoms with Crippen molar-refractivity contribution in [1.82, 2.24) is 0 Å². The van der Waals surface area contributed by atoms with Crippen LogP contribution in [-0.2, 0) is 5.41 Å². The lowest BCUT2D eigenvalue weighted by Crippen LogP contribution is -2.43. The third kappa shape index (κ3) is 3.20. The van der Waals surface area contributed by atoms with Gasteiger partial charge in [-0.3, -0.25) is 0 Å². The van der Waals surface area contributed by atoms with Crippen molar-refractivity contribution in [3.63, 3.8) is 0 Å². The standard InChI is InChI=1S/C41H31NO2/c1-24-10-19-36(40-29(24)17-14-26-12-11-25-13-16-28(44-21-20-43)23-33(25)38(26)40)41-34-8-4-2-6-30(34)39(31-7-3-5-9-35(31)41)32-18-15-27(42)22-37(32)41/h2-19,22-23,39,43H,20-21,42H2,1H3. The van der Waals surface area contributed by atoms with Gasteiger partial charge in [0.25, 0.3) is 0 Å². The SMILES string of the molecule is Cc1ccc(C23c4ccccc4C(c4ccccc42)c2ccc(N)cc23)c2c1ccc1ccc3ccc(OCCO)cc3c12. The summed E-state index contributed by atoms with van der Waals surface area (Å²) in [6, 6.07) is 44.5. The Morgan fingerprint density at radius 2 is 1.32 bits per heavy atom. The predicted octanol–water partition coefficient (Wildman–Crippen LogP) is 8.60. The molecular weight excluding hydrogens is 538 g/mol. The fourth-order valence-electron chi connectivity index (χ4n) is 8.38. The minimum absolute atomic E-state index is 0.0231. The van der Waals surface area contributed by atoms with E-state index in [-0.39, 0.29) is 19.1 Å². The van der Waals surface area contributed by atoms with E-state index in [0.29, 0.717) is 0 Å². The van der Waals surface area contributed by atoms with E-state index in [0.717, 1.165) is 22.2 Å². The second-order valence-corrected chi connectivity index (χ2v) is 12.2. The number of nitrogen functional groups attached to an aromatic ring is 1. The molecular formula is C41H31NO2. The molecule has 0 unspecified atom stereocenters. The second kappa shape index (κ2) is 9.19. The van der Waals surface area contributed by atoms with Gasteiger partial charge in [0.1, 0.15) is 12.4 Å². The third-order valence-electron chi connectivity index (χ3n) is 10.1. The lowest BCUT2D eigenvalue weighted by Gasteiger charge is -2.51. The molecule has 3 heteroatoms. The monoisotopic (exact) mass is 569 g/mol. The summed E-state index contributed by atoms with van der Waals surface area (Å²) in [5.74, 6) is 0.927. The number of rotatable bonds is 4. The fraction of sp³-hybridized carbons (Fsp3) is 0.122. The van der Waals surface area contributed by atoms with Crippen LogP contribution in [0.4, 0.5) is 5.69 Å². The number of aryl methyl sites for hydroxylation is 1. The summed E-state index contributed by atoms with van der Waals surface area (Å²) in [5, 5.41) is 16.7. The molecule has 7 aromatic rings. The molecule has 44 heavy (non-hydrogen) atoms. The summed E-state index contributed by atoms with van der Waals surface area (Å²) in [6.07, 6.45) is 0. The molecule has 0 amide bonds. The highest BCUT2D eigenvalue weighted by Crippen LogP contribution is 2.63. The van der Waals surface area contributed by atoms with Crippen molar-refractivity contribution >= 4 is 38.0 Å². The fourth-order valence-corrected chi connectivity index (χ4v) is 8.38. The number of anilines is 1. The van der Waals surface area contributed by atoms with E-state index in [1.165, 1.54) is 66.1 Å². The molecule has 3 nitrogen and oxygen atoms in total. The maximum absolute atomic E-state index is 9.45. The summed E-state index contributed by atoms with van der Waals surface area (Å²) in [7, 11) is 0. The summed E-state index contributed by atoms with van der Waals surface area (Å²) >= 11 is 0. The molecule has 3 N–H and O–H groups in total. The largest absolute Gasteiger partial charge is 0.491 e. The van der Waals surface area contributed by atoms with Gasteiger partial charge in [0.05, 0.1) is 12.0 Å². The van der Waals surface area contributed by atoms with Crippen molar-refractivity contribution in [2.45, 2.75) is 18.3 Å². The van der Waals surface area contributed by atoms with Crippen molar-refractivity contribution < 1.29 is 9.84 Å². The molecule has 0 spiro atoms. The van der Waals surface area contributed by atoms with Crippen LogP contribution in [0.25, 0.3) is 32.3 Å². The molecule has 10 rings (SSSR count). The zero-order valence-corrected chi connectivity index (χ0v) is 24.5. The van der Waals surface area contributed by atoms with E-state index in [4.69, 9.17) is 10.5 Å². The lowest BCUT2D eigenvalue weighted by atomic mass is 9.50. The average Bonchev–Trinajstić information content (AvgIpc) is 3.07. The van der Waals surface area contributed by atoms with Crippen molar-refractivity contribution in [1.29, 1.82) is 0 Å². The number of nitrogens with two attached hydrogens (primary N) is 1. The normalized spacial score (nSPS) is 17.9. The van der Waals surface area contributed by atoms with E-state index in [2.05, 4.69) is 122 Å². The Bertz CT molecular complexity index is 2270. The smallest absolute Gasteiger partial charge is 0.120 e. The molecule has 0 saturated carbocycles. The number of ether oxygens (including phenoxy) is 1. The van der Waals surface area contributed by atoms with Crippen LogP contribution in [0, 0.1) is 6.92 Å². The van der Waals surface area contributed by atoms with Gasteiger partial charge in [-0.15, -0.1) is 0 Å². The van der Waals surface area contributed by atoms with Gasteiger partial charge in [0.2, 0.25) is 0 Å². The molecule has 212 valence electrons. The van der Waals surface area contributed by atoms with Crippen LogP contribution in [-0.4, -0.2) is 18.3 Å². The number of hydrogen-bond donors (Lipinski definition) is 2. The molecule has 3 aliphatic rings. The van der Waals surface area contributed by atoms with Crippen LogP contribution in [0.1, 0.15) is 50.4 Å². The zero-order valence-electron chi connectivity index (χ0n) is 24.5. The Labute approximate surface area is 256 Å². The third-order valence-corrected chi connectivity index (χ3v) is 10.1. The highest BCUT2D eigenvalue weighted by molar-refractivity contribution is 6.22. The van der Waals surface area contributed by atoms with Gasteiger partial charge < -0.3 is 15.6 Å². The van der Waals surface area contributed by atoms with E-state index in [9.17, 15) is 5.11 Å². The number of benzene rings is 7. The molecule has 2 bridgehead atoms. The van der Waals surface area contributed by atoms with Crippen LogP contribution in [0.15, 0.2) is 121 Å². The first-order chi connectivity index (χ1) is 21.6.